The quantitative estimate of drug-likeness (QED) is 0.469. The van der Waals surface area contributed by atoms with Crippen LogP contribution < -0.4 is 5.43 Å². The van der Waals surface area contributed by atoms with Gasteiger partial charge in [-0.3, -0.25) is 10.2 Å². The molecule has 0 aromatic heterocycles. The summed E-state index contributed by atoms with van der Waals surface area (Å²) in [5, 5.41) is 0. The third kappa shape index (κ3) is 7.85. The van der Waals surface area contributed by atoms with Crippen molar-refractivity contribution in [3.8, 4) is 0 Å². The molecule has 0 aromatic rings. The van der Waals surface area contributed by atoms with Crippen molar-refractivity contribution in [3.05, 3.63) is 0 Å². The maximum Gasteiger partial charge on any atom is 0.397 e. The van der Waals surface area contributed by atoms with Crippen LogP contribution in [0.1, 0.15) is 6.42 Å². The second-order valence-electron chi connectivity index (χ2n) is 1.80. The molecule has 0 saturated carbocycles. The largest absolute Gasteiger partial charge is 0.397 e. The number of hydrogen-bond donors (Lipinski definition) is 1. The zero-order valence-electron chi connectivity index (χ0n) is 5.57. The zero-order chi connectivity index (χ0) is 9.07. The summed E-state index contributed by atoms with van der Waals surface area (Å²) in [5.74, 6) is -1.06. The van der Waals surface area contributed by atoms with Crippen molar-refractivity contribution in [3.63, 3.8) is 0 Å². The number of nitrogens with one attached hydrogen (secondary N) is 1. The summed E-state index contributed by atoms with van der Waals surface area (Å²) in [6.07, 6.45) is -5.88. The van der Waals surface area contributed by atoms with Crippen molar-refractivity contribution < 1.29 is 18.0 Å². The Bertz CT molecular complexity index is 147. The normalized spacial score (nSPS) is 11.8. The predicted molar refractivity (Wildman–Crippen MR) is 40.6 cm³/mol. The first-order chi connectivity index (χ1) is 4.81. The fourth-order valence-electron chi connectivity index (χ4n) is 0.393. The number of hydrazine groups is 1. The minimum Gasteiger partial charge on any atom is -0.280 e. The molecule has 1 N–H and O–H groups in total. The van der Waals surface area contributed by atoms with Crippen LogP contribution in [-0.4, -0.2) is 22.4 Å². The van der Waals surface area contributed by atoms with Crippen molar-refractivity contribution in [1.82, 2.24) is 8.65 Å². The fourth-order valence-corrected chi connectivity index (χ4v) is 0.662. The molecule has 0 aliphatic carbocycles. The van der Waals surface area contributed by atoms with Crippen molar-refractivity contribution in [2.75, 3.05) is 7.05 Å². The summed E-state index contributed by atoms with van der Waals surface area (Å²) < 4.78 is 35.6. The first-order valence-electron chi connectivity index (χ1n) is 2.57. The Morgan fingerprint density at radius 2 is 2.09 bits per heavy atom. The van der Waals surface area contributed by atoms with E-state index in [1.807, 2.05) is 5.43 Å². The van der Waals surface area contributed by atoms with Gasteiger partial charge in [0.25, 0.3) is 0 Å². The average molecular weight is 282 g/mol. The molecule has 0 aliphatic rings. The smallest absolute Gasteiger partial charge is 0.280 e. The fraction of sp³-hybridized carbons (Fsp3) is 0.750. The molecular weight excluding hydrogens is 276 g/mol. The lowest BCUT2D eigenvalue weighted by molar-refractivity contribution is -0.155. The van der Waals surface area contributed by atoms with E-state index in [0.717, 1.165) is 3.22 Å². The van der Waals surface area contributed by atoms with E-state index in [-0.39, 0.29) is 0 Å². The van der Waals surface area contributed by atoms with E-state index in [4.69, 9.17) is 0 Å². The summed E-state index contributed by atoms with van der Waals surface area (Å²) in [4.78, 5) is 10.4. The Morgan fingerprint density at radius 1 is 1.64 bits per heavy atom. The number of nitrogens with zero attached hydrogens (tertiary/aromatic N) is 1. The summed E-state index contributed by atoms with van der Waals surface area (Å²) >= 11 is 1.64. The van der Waals surface area contributed by atoms with E-state index in [1.54, 1.807) is 22.9 Å². The van der Waals surface area contributed by atoms with Crippen molar-refractivity contribution in [2.45, 2.75) is 12.6 Å². The molecule has 0 atom stereocenters. The van der Waals surface area contributed by atoms with E-state index >= 15 is 0 Å². The molecular formula is C4H6F3IN2O. The number of alkyl halides is 3. The molecule has 0 fully saturated rings. The van der Waals surface area contributed by atoms with Gasteiger partial charge in [0.1, 0.15) is 6.42 Å². The molecule has 0 radical (unpaired) electrons. The van der Waals surface area contributed by atoms with Crippen LogP contribution in [-0.2, 0) is 4.79 Å². The van der Waals surface area contributed by atoms with Crippen LogP contribution in [0.15, 0.2) is 0 Å². The molecule has 0 rings (SSSR count). The third-order valence-corrected chi connectivity index (χ3v) is 0.881. The lowest BCUT2D eigenvalue weighted by Crippen LogP contribution is -2.35. The van der Waals surface area contributed by atoms with E-state index in [2.05, 4.69) is 0 Å². The molecule has 0 unspecified atom stereocenters. The van der Waals surface area contributed by atoms with Gasteiger partial charge in [-0.2, -0.15) is 16.4 Å². The zero-order valence-corrected chi connectivity index (χ0v) is 7.73. The lowest BCUT2D eigenvalue weighted by Gasteiger charge is -2.10. The number of halogens is 4. The molecule has 3 nitrogen and oxygen atoms in total. The number of carbonyl (C=O) groups is 1. The van der Waals surface area contributed by atoms with Crippen LogP contribution in [0.4, 0.5) is 13.2 Å². The van der Waals surface area contributed by atoms with Crippen LogP contribution in [0.3, 0.4) is 0 Å². The first-order valence-corrected chi connectivity index (χ1v) is 3.53. The van der Waals surface area contributed by atoms with Gasteiger partial charge in [0.2, 0.25) is 5.91 Å². The predicted octanol–water partition coefficient (Wildman–Crippen LogP) is 1.25. The number of rotatable bonds is 2. The Balaban J connectivity index is 3.71. The Hall–Kier alpha value is -0.0500. The second-order valence-corrected chi connectivity index (χ2v) is 3.25. The molecule has 0 spiro atoms. The summed E-state index contributed by atoms with van der Waals surface area (Å²) in [6.45, 7) is 0. The Labute approximate surface area is 75.4 Å². The topological polar surface area (TPSA) is 32.3 Å². The van der Waals surface area contributed by atoms with Gasteiger partial charge in [-0.15, -0.1) is 0 Å². The second kappa shape index (κ2) is 4.10. The van der Waals surface area contributed by atoms with Gasteiger partial charge in [0, 0.05) is 29.9 Å². The molecule has 0 aliphatic heterocycles. The first kappa shape index (κ1) is 11.0. The molecule has 0 saturated heterocycles. The molecule has 11 heavy (non-hydrogen) atoms. The highest BCUT2D eigenvalue weighted by Crippen LogP contribution is 2.18. The third-order valence-electron chi connectivity index (χ3n) is 0.640. The summed E-state index contributed by atoms with van der Waals surface area (Å²) in [5.41, 5.74) is 1.96. The van der Waals surface area contributed by atoms with E-state index in [9.17, 15) is 18.0 Å². The van der Waals surface area contributed by atoms with Crippen LogP contribution in [0, 0.1) is 0 Å². The molecule has 1 amide bonds. The minimum absolute atomic E-state index is 1.06. The van der Waals surface area contributed by atoms with Crippen LogP contribution in [0.5, 0.6) is 0 Å². The SMILES string of the molecule is CN(I)NC(=O)CC(F)(F)F. The van der Waals surface area contributed by atoms with Crippen molar-refractivity contribution >= 4 is 28.8 Å². The number of hydrogen-bond acceptors (Lipinski definition) is 2. The van der Waals surface area contributed by atoms with E-state index in [1.165, 1.54) is 7.05 Å². The highest BCUT2D eigenvalue weighted by atomic mass is 127. The molecule has 0 aromatic carbocycles. The van der Waals surface area contributed by atoms with Crippen LogP contribution in [0.25, 0.3) is 0 Å². The average Bonchev–Trinajstić information content (AvgIpc) is 1.53. The van der Waals surface area contributed by atoms with Gasteiger partial charge in [0.15, 0.2) is 0 Å². The highest BCUT2D eigenvalue weighted by molar-refractivity contribution is 14.1. The highest BCUT2D eigenvalue weighted by Gasteiger charge is 2.31. The maximum absolute atomic E-state index is 11.5. The Kier molecular flexibility index (Phi) is 4.08. The monoisotopic (exact) mass is 282 g/mol. The number of carbonyl (C=O) groups excluding carboxylic acids is 1. The van der Waals surface area contributed by atoms with Gasteiger partial charge in [-0.25, -0.2) is 0 Å². The molecule has 66 valence electrons. The van der Waals surface area contributed by atoms with Crippen LogP contribution in [0.2, 0.25) is 0 Å². The maximum atomic E-state index is 11.5. The van der Waals surface area contributed by atoms with Gasteiger partial charge >= 0.3 is 6.18 Å². The van der Waals surface area contributed by atoms with Gasteiger partial charge in [-0.05, 0) is 0 Å². The minimum atomic E-state index is -4.43. The Morgan fingerprint density at radius 3 is 2.36 bits per heavy atom. The standard InChI is InChI=1S/C4H6F3IN2O/c1-10(8)9-3(11)2-4(5,6)7/h2H2,1H3,(H,9,11). The van der Waals surface area contributed by atoms with E-state index < -0.39 is 18.5 Å². The van der Waals surface area contributed by atoms with Gasteiger partial charge in [-0.1, -0.05) is 0 Å². The van der Waals surface area contributed by atoms with Crippen LogP contribution >= 0.6 is 22.9 Å². The van der Waals surface area contributed by atoms with E-state index in [0.29, 0.717) is 0 Å². The van der Waals surface area contributed by atoms with Crippen molar-refractivity contribution in [1.29, 1.82) is 0 Å². The summed E-state index contributed by atoms with van der Waals surface area (Å²) in [7, 11) is 1.43. The van der Waals surface area contributed by atoms with Gasteiger partial charge in [0.05, 0.1) is 0 Å². The lowest BCUT2D eigenvalue weighted by atomic mass is 10.4. The molecule has 0 bridgehead atoms. The number of amides is 1. The van der Waals surface area contributed by atoms with Gasteiger partial charge < -0.3 is 0 Å². The molecule has 7 heteroatoms. The molecule has 0 heterocycles. The summed E-state index contributed by atoms with van der Waals surface area (Å²) in [6, 6.07) is 0. The van der Waals surface area contributed by atoms with Crippen molar-refractivity contribution in [2.24, 2.45) is 0 Å².